The molecule has 0 saturated heterocycles. The van der Waals surface area contributed by atoms with Crippen LogP contribution >= 0.6 is 12.4 Å². The van der Waals surface area contributed by atoms with E-state index in [0.29, 0.717) is 0 Å². The number of primary sulfonamides is 1. The quantitative estimate of drug-likeness (QED) is 0.463. The molecule has 5 nitrogen and oxygen atoms in total. The molecule has 0 aliphatic heterocycles. The molecule has 0 aromatic heterocycles. The second-order valence-electron chi connectivity index (χ2n) is 2.27. The van der Waals surface area contributed by atoms with Crippen molar-refractivity contribution in [2.75, 3.05) is 5.73 Å². The van der Waals surface area contributed by atoms with Crippen LogP contribution in [0.15, 0.2) is 23.1 Å². The van der Waals surface area contributed by atoms with E-state index >= 15 is 0 Å². The molecule has 1 aromatic rings. The number of aromatic hydroxyl groups is 1. The summed E-state index contributed by atoms with van der Waals surface area (Å²) in [5.74, 6) is -0.164. The summed E-state index contributed by atoms with van der Waals surface area (Å²) >= 11 is 0. The first kappa shape index (κ1) is 12.0. The van der Waals surface area contributed by atoms with Crippen molar-refractivity contribution in [3.05, 3.63) is 18.2 Å². The SMILES string of the molecule is Cl.Nc1cc(S(N)(=O)=O)ccc1O. The minimum atomic E-state index is -3.73. The van der Waals surface area contributed by atoms with Gasteiger partial charge in [0.2, 0.25) is 10.0 Å². The van der Waals surface area contributed by atoms with Crippen molar-refractivity contribution in [2.24, 2.45) is 5.14 Å². The zero-order valence-corrected chi connectivity index (χ0v) is 8.10. The first-order chi connectivity index (χ1) is 5.41. The molecule has 13 heavy (non-hydrogen) atoms. The second kappa shape index (κ2) is 3.82. The number of rotatable bonds is 1. The highest BCUT2D eigenvalue weighted by Crippen LogP contribution is 2.21. The molecule has 0 radical (unpaired) electrons. The van der Waals surface area contributed by atoms with Crippen molar-refractivity contribution >= 4 is 28.1 Å². The molecule has 1 rings (SSSR count). The van der Waals surface area contributed by atoms with E-state index in [1.165, 1.54) is 12.1 Å². The standard InChI is InChI=1S/C6H8N2O3S.ClH/c7-5-3-4(12(8,10)11)1-2-6(5)9;/h1-3,9H,7H2,(H2,8,10,11);1H. The lowest BCUT2D eigenvalue weighted by atomic mass is 10.3. The summed E-state index contributed by atoms with van der Waals surface area (Å²) in [7, 11) is -3.73. The van der Waals surface area contributed by atoms with Crippen molar-refractivity contribution in [3.8, 4) is 5.75 Å². The second-order valence-corrected chi connectivity index (χ2v) is 3.83. The van der Waals surface area contributed by atoms with E-state index in [-0.39, 0.29) is 28.7 Å². The van der Waals surface area contributed by atoms with Gasteiger partial charge in [0.15, 0.2) is 0 Å². The zero-order valence-electron chi connectivity index (χ0n) is 6.47. The number of hydrogen-bond donors (Lipinski definition) is 3. The fourth-order valence-electron chi connectivity index (χ4n) is 0.710. The Morgan fingerprint density at radius 2 is 1.85 bits per heavy atom. The Morgan fingerprint density at radius 3 is 2.23 bits per heavy atom. The highest BCUT2D eigenvalue weighted by Gasteiger charge is 2.08. The average Bonchev–Trinajstić information content (AvgIpc) is 1.92. The molecule has 0 aliphatic rings. The smallest absolute Gasteiger partial charge is 0.238 e. The minimum absolute atomic E-state index is 0. The zero-order chi connectivity index (χ0) is 9.35. The van der Waals surface area contributed by atoms with Crippen LogP contribution in [-0.2, 0) is 10.0 Å². The first-order valence-electron chi connectivity index (χ1n) is 3.02. The number of hydrogen-bond acceptors (Lipinski definition) is 4. The van der Waals surface area contributed by atoms with Gasteiger partial charge in [0, 0.05) is 0 Å². The third kappa shape index (κ3) is 2.76. The summed E-state index contributed by atoms with van der Waals surface area (Å²) in [6.07, 6.45) is 0. The van der Waals surface area contributed by atoms with Crippen LogP contribution in [0.4, 0.5) is 5.69 Å². The molecule has 0 atom stereocenters. The maximum absolute atomic E-state index is 10.7. The highest BCUT2D eigenvalue weighted by atomic mass is 35.5. The van der Waals surface area contributed by atoms with E-state index < -0.39 is 10.0 Å². The molecule has 7 heteroatoms. The minimum Gasteiger partial charge on any atom is -0.506 e. The number of phenols is 1. The van der Waals surface area contributed by atoms with E-state index in [2.05, 4.69) is 0 Å². The number of halogens is 1. The Morgan fingerprint density at radius 1 is 1.31 bits per heavy atom. The molecule has 0 aliphatic carbocycles. The summed E-state index contributed by atoms with van der Waals surface area (Å²) < 4.78 is 21.5. The summed E-state index contributed by atoms with van der Waals surface area (Å²) in [6.45, 7) is 0. The van der Waals surface area contributed by atoms with E-state index in [1.807, 2.05) is 0 Å². The molecular weight excluding hydrogens is 216 g/mol. The molecule has 0 saturated carbocycles. The first-order valence-corrected chi connectivity index (χ1v) is 4.57. The predicted molar refractivity (Wildman–Crippen MR) is 51.1 cm³/mol. The van der Waals surface area contributed by atoms with Crippen LogP contribution in [0.1, 0.15) is 0 Å². The number of nitrogen functional groups attached to an aromatic ring is 1. The van der Waals surface area contributed by atoms with Crippen LogP contribution in [0.2, 0.25) is 0 Å². The monoisotopic (exact) mass is 224 g/mol. The third-order valence-electron chi connectivity index (χ3n) is 1.33. The van der Waals surface area contributed by atoms with Crippen LogP contribution in [0, 0.1) is 0 Å². The Bertz CT molecular complexity index is 404. The van der Waals surface area contributed by atoms with Gasteiger partial charge >= 0.3 is 0 Å². The fraction of sp³-hybridized carbons (Fsp3) is 0. The van der Waals surface area contributed by atoms with Gasteiger partial charge < -0.3 is 10.8 Å². The van der Waals surface area contributed by atoms with Gasteiger partial charge in [-0.05, 0) is 18.2 Å². The van der Waals surface area contributed by atoms with Gasteiger partial charge in [-0.3, -0.25) is 0 Å². The maximum Gasteiger partial charge on any atom is 0.238 e. The van der Waals surface area contributed by atoms with Crippen LogP contribution in [0.25, 0.3) is 0 Å². The topological polar surface area (TPSA) is 106 Å². The molecule has 0 heterocycles. The van der Waals surface area contributed by atoms with Crippen molar-refractivity contribution in [1.29, 1.82) is 0 Å². The van der Waals surface area contributed by atoms with Gasteiger partial charge in [0.25, 0.3) is 0 Å². The average molecular weight is 225 g/mol. The van der Waals surface area contributed by atoms with Crippen molar-refractivity contribution in [3.63, 3.8) is 0 Å². The molecule has 0 fully saturated rings. The van der Waals surface area contributed by atoms with Gasteiger partial charge in [0.05, 0.1) is 10.6 Å². The molecule has 0 bridgehead atoms. The Balaban J connectivity index is 0.00000144. The predicted octanol–water partition coefficient (Wildman–Crippen LogP) is 0.0436. The van der Waals surface area contributed by atoms with Crippen LogP contribution in [0.3, 0.4) is 0 Å². The number of phenolic OH excluding ortho intramolecular Hbond substituents is 1. The van der Waals surface area contributed by atoms with Gasteiger partial charge in [0.1, 0.15) is 5.75 Å². The third-order valence-corrected chi connectivity index (χ3v) is 2.24. The van der Waals surface area contributed by atoms with Crippen molar-refractivity contribution < 1.29 is 13.5 Å². The van der Waals surface area contributed by atoms with E-state index in [1.54, 1.807) is 0 Å². The Hall–Kier alpha value is -0.980. The molecule has 0 amide bonds. The maximum atomic E-state index is 10.7. The summed E-state index contributed by atoms with van der Waals surface area (Å²) in [5.41, 5.74) is 5.23. The lowest BCUT2D eigenvalue weighted by Gasteiger charge is -2.00. The van der Waals surface area contributed by atoms with E-state index in [0.717, 1.165) is 6.07 Å². The van der Waals surface area contributed by atoms with Gasteiger partial charge in [-0.1, -0.05) is 0 Å². The van der Waals surface area contributed by atoms with Crippen molar-refractivity contribution in [2.45, 2.75) is 4.90 Å². The largest absolute Gasteiger partial charge is 0.506 e. The lowest BCUT2D eigenvalue weighted by Crippen LogP contribution is -2.12. The lowest BCUT2D eigenvalue weighted by molar-refractivity contribution is 0.477. The number of benzene rings is 1. The van der Waals surface area contributed by atoms with Crippen molar-refractivity contribution in [1.82, 2.24) is 0 Å². The van der Waals surface area contributed by atoms with Gasteiger partial charge in [-0.2, -0.15) is 0 Å². The van der Waals surface area contributed by atoms with E-state index in [9.17, 15) is 8.42 Å². The molecule has 0 unspecified atom stereocenters. The van der Waals surface area contributed by atoms with Crippen LogP contribution in [-0.4, -0.2) is 13.5 Å². The highest BCUT2D eigenvalue weighted by molar-refractivity contribution is 7.89. The Kier molecular flexibility index (Phi) is 3.53. The van der Waals surface area contributed by atoms with Gasteiger partial charge in [-0.25, -0.2) is 13.6 Å². The summed E-state index contributed by atoms with van der Waals surface area (Å²) in [6, 6.07) is 3.46. The summed E-state index contributed by atoms with van der Waals surface area (Å²) in [5, 5.41) is 13.8. The van der Waals surface area contributed by atoms with E-state index in [4.69, 9.17) is 16.0 Å². The molecule has 5 N–H and O–H groups in total. The summed E-state index contributed by atoms with van der Waals surface area (Å²) in [4.78, 5) is -0.113. The normalized spacial score (nSPS) is 10.5. The molecule has 74 valence electrons. The van der Waals surface area contributed by atoms with Crippen LogP contribution in [0.5, 0.6) is 5.75 Å². The fourth-order valence-corrected chi connectivity index (χ4v) is 1.26. The molecular formula is C6H9ClN2O3S. The van der Waals surface area contributed by atoms with Crippen LogP contribution < -0.4 is 10.9 Å². The Labute approximate surface area is 81.8 Å². The number of nitrogens with two attached hydrogens (primary N) is 2. The number of sulfonamides is 1. The molecule has 1 aromatic carbocycles. The van der Waals surface area contributed by atoms with Gasteiger partial charge in [-0.15, -0.1) is 12.4 Å². The molecule has 0 spiro atoms. The number of anilines is 1.